The molecule has 1 spiro atoms. The number of halogens is 1. The van der Waals surface area contributed by atoms with Gasteiger partial charge in [-0.05, 0) is 49.2 Å². The molecule has 1 amide bonds. The highest BCUT2D eigenvalue weighted by Gasteiger charge is 2.79. The van der Waals surface area contributed by atoms with Gasteiger partial charge >= 0.3 is 11.9 Å². The molecule has 3 heterocycles. The molecule has 8 heteroatoms. The third-order valence-electron chi connectivity index (χ3n) is 6.97. The molecule has 6 rings (SSSR count). The molecule has 0 aromatic heterocycles. The zero-order valence-corrected chi connectivity index (χ0v) is 17.6. The van der Waals surface area contributed by atoms with Gasteiger partial charge in [0.25, 0.3) is 11.6 Å². The molecule has 3 fully saturated rings. The molecule has 2 aromatic rings. The van der Waals surface area contributed by atoms with E-state index in [9.17, 15) is 19.5 Å². The highest BCUT2D eigenvalue weighted by atomic mass is 35.5. The number of hydrogen-bond donors (Lipinski definition) is 1. The zero-order valence-electron chi connectivity index (χ0n) is 16.8. The minimum atomic E-state index is -1.69. The molecule has 3 aliphatic heterocycles. The van der Waals surface area contributed by atoms with Crippen LogP contribution >= 0.6 is 11.6 Å². The lowest BCUT2D eigenvalue weighted by Crippen LogP contribution is -2.60. The average Bonchev–Trinajstić information content (AvgIpc) is 3.13. The number of anilines is 1. The largest absolute Gasteiger partial charge is 0.506 e. The molecular formula is C24H18ClNO6. The van der Waals surface area contributed by atoms with Crippen molar-refractivity contribution in [1.29, 1.82) is 0 Å². The van der Waals surface area contributed by atoms with Crippen LogP contribution in [0.5, 0.6) is 5.75 Å². The van der Waals surface area contributed by atoms with Crippen molar-refractivity contribution in [1.82, 2.24) is 0 Å². The van der Waals surface area contributed by atoms with Crippen molar-refractivity contribution in [3.8, 4) is 5.75 Å². The summed E-state index contributed by atoms with van der Waals surface area (Å²) < 4.78 is 12.2. The third-order valence-corrected chi connectivity index (χ3v) is 7.22. The van der Waals surface area contributed by atoms with Gasteiger partial charge in [-0.3, -0.25) is 14.5 Å². The van der Waals surface area contributed by atoms with Crippen LogP contribution in [0.4, 0.5) is 5.69 Å². The fourth-order valence-electron chi connectivity index (χ4n) is 5.72. The molecule has 32 heavy (non-hydrogen) atoms. The highest BCUT2D eigenvalue weighted by Crippen LogP contribution is 2.63. The standard InChI is InChI=1S/C24H18ClNO6/c25-14-10-8-13(9-11-14)20-18-19(28)21(29)26(15-5-1-2-6-16(15)27)24(18)17-7-3-4-12-23(17,31-20)32-22(24)30/h1-2,5-6,8-11,17,27H,3-4,7,12H2. The molecule has 162 valence electrons. The van der Waals surface area contributed by atoms with E-state index in [1.165, 1.54) is 12.1 Å². The van der Waals surface area contributed by atoms with Gasteiger partial charge in [0, 0.05) is 17.0 Å². The smallest absolute Gasteiger partial charge is 0.341 e. The normalized spacial score (nSPS) is 30.7. The van der Waals surface area contributed by atoms with Crippen molar-refractivity contribution in [2.75, 3.05) is 4.90 Å². The first-order valence-corrected chi connectivity index (χ1v) is 10.9. The number of phenols is 1. The summed E-state index contributed by atoms with van der Waals surface area (Å²) >= 11 is 6.04. The molecule has 1 saturated carbocycles. The predicted molar refractivity (Wildman–Crippen MR) is 114 cm³/mol. The third kappa shape index (κ3) is 2.19. The lowest BCUT2D eigenvalue weighted by molar-refractivity contribution is -0.210. The summed E-state index contributed by atoms with van der Waals surface area (Å²) in [5.41, 5.74) is -1.11. The molecule has 1 aliphatic carbocycles. The fraction of sp³-hybridized carbons (Fsp3) is 0.292. The summed E-state index contributed by atoms with van der Waals surface area (Å²) in [5, 5.41) is 11.1. The number of ether oxygens (including phenoxy) is 2. The van der Waals surface area contributed by atoms with Crippen LogP contribution in [0.1, 0.15) is 31.2 Å². The number of hydrogen-bond acceptors (Lipinski definition) is 6. The van der Waals surface area contributed by atoms with Crippen LogP contribution in [-0.2, 0) is 23.9 Å². The Labute approximate surface area is 188 Å². The first-order chi connectivity index (χ1) is 15.4. The molecule has 3 atom stereocenters. The van der Waals surface area contributed by atoms with Crippen molar-refractivity contribution >= 4 is 40.7 Å². The number of para-hydroxylation sites is 2. The maximum Gasteiger partial charge on any atom is 0.341 e. The van der Waals surface area contributed by atoms with Gasteiger partial charge in [-0.2, -0.15) is 0 Å². The number of Topliss-reactive ketones (excluding diaryl/α,β-unsaturated/α-hetero) is 1. The van der Waals surface area contributed by atoms with Crippen LogP contribution in [0.15, 0.2) is 54.1 Å². The summed E-state index contributed by atoms with van der Waals surface area (Å²) in [7, 11) is 0. The Morgan fingerprint density at radius 2 is 1.75 bits per heavy atom. The number of esters is 1. The number of aromatic hydroxyl groups is 1. The molecule has 2 aromatic carbocycles. The van der Waals surface area contributed by atoms with E-state index in [0.717, 1.165) is 17.7 Å². The topological polar surface area (TPSA) is 93.1 Å². The summed E-state index contributed by atoms with van der Waals surface area (Å²) in [6, 6.07) is 12.8. The van der Waals surface area contributed by atoms with Crippen LogP contribution < -0.4 is 4.90 Å². The summed E-state index contributed by atoms with van der Waals surface area (Å²) in [6.07, 6.45) is 2.57. The monoisotopic (exact) mass is 451 g/mol. The minimum absolute atomic E-state index is 0.0295. The Morgan fingerprint density at radius 3 is 2.50 bits per heavy atom. The number of amides is 1. The van der Waals surface area contributed by atoms with E-state index in [2.05, 4.69) is 0 Å². The van der Waals surface area contributed by atoms with Gasteiger partial charge in [-0.15, -0.1) is 0 Å². The summed E-state index contributed by atoms with van der Waals surface area (Å²) in [6.45, 7) is 0. The first kappa shape index (κ1) is 19.4. The maximum absolute atomic E-state index is 13.7. The van der Waals surface area contributed by atoms with Crippen molar-refractivity contribution < 1.29 is 29.0 Å². The van der Waals surface area contributed by atoms with Gasteiger partial charge in [-0.1, -0.05) is 30.2 Å². The summed E-state index contributed by atoms with van der Waals surface area (Å²) in [4.78, 5) is 41.6. The minimum Gasteiger partial charge on any atom is -0.506 e. The molecule has 0 radical (unpaired) electrons. The molecule has 7 nitrogen and oxygen atoms in total. The van der Waals surface area contributed by atoms with Crippen molar-refractivity contribution in [2.45, 2.75) is 37.0 Å². The van der Waals surface area contributed by atoms with E-state index in [1.54, 1.807) is 36.4 Å². The van der Waals surface area contributed by atoms with Gasteiger partial charge in [0.15, 0.2) is 5.54 Å². The second-order valence-corrected chi connectivity index (χ2v) is 8.97. The number of rotatable bonds is 2. The predicted octanol–water partition coefficient (Wildman–Crippen LogP) is 3.58. The van der Waals surface area contributed by atoms with Gasteiger partial charge < -0.3 is 14.6 Å². The van der Waals surface area contributed by atoms with Crippen LogP contribution in [0.2, 0.25) is 5.02 Å². The molecule has 3 unspecified atom stereocenters. The Hall–Kier alpha value is -3.32. The Kier molecular flexibility index (Phi) is 3.85. The number of carbonyl (C=O) groups excluding carboxylic acids is 3. The fourth-order valence-corrected chi connectivity index (χ4v) is 5.84. The van der Waals surface area contributed by atoms with Crippen molar-refractivity contribution in [3.05, 3.63) is 64.7 Å². The van der Waals surface area contributed by atoms with Crippen molar-refractivity contribution in [3.63, 3.8) is 0 Å². The van der Waals surface area contributed by atoms with E-state index in [0.29, 0.717) is 23.4 Å². The lowest BCUT2D eigenvalue weighted by Gasteiger charge is -2.46. The first-order valence-electron chi connectivity index (χ1n) is 10.5. The molecule has 4 aliphatic rings. The highest BCUT2D eigenvalue weighted by molar-refractivity contribution is 6.55. The maximum atomic E-state index is 13.7. The van der Waals surface area contributed by atoms with Crippen LogP contribution in [0.3, 0.4) is 0 Å². The quantitative estimate of drug-likeness (QED) is 0.554. The van der Waals surface area contributed by atoms with E-state index in [1.807, 2.05) is 0 Å². The average molecular weight is 452 g/mol. The number of ketones is 1. The van der Waals surface area contributed by atoms with Crippen molar-refractivity contribution in [2.24, 2.45) is 5.92 Å². The van der Waals surface area contributed by atoms with E-state index >= 15 is 0 Å². The van der Waals surface area contributed by atoms with Crippen LogP contribution in [-0.4, -0.2) is 34.1 Å². The van der Waals surface area contributed by atoms with Gasteiger partial charge in [0.2, 0.25) is 0 Å². The van der Waals surface area contributed by atoms with Crippen LogP contribution in [0, 0.1) is 5.92 Å². The second-order valence-electron chi connectivity index (χ2n) is 8.54. The zero-order chi connectivity index (χ0) is 22.3. The summed E-state index contributed by atoms with van der Waals surface area (Å²) in [5.74, 6) is -4.33. The Bertz CT molecular complexity index is 1240. The molecular weight excluding hydrogens is 434 g/mol. The van der Waals surface area contributed by atoms with Gasteiger partial charge in [-0.25, -0.2) is 4.79 Å². The number of carbonyl (C=O) groups is 3. The van der Waals surface area contributed by atoms with E-state index < -0.39 is 34.9 Å². The number of benzene rings is 2. The molecule has 2 saturated heterocycles. The number of phenolic OH excluding ortho intramolecular Hbond substituents is 1. The molecule has 1 N–H and O–H groups in total. The van der Waals surface area contributed by atoms with Crippen LogP contribution in [0.25, 0.3) is 5.76 Å². The second kappa shape index (κ2) is 6.36. The van der Waals surface area contributed by atoms with Gasteiger partial charge in [0.1, 0.15) is 11.5 Å². The number of nitrogens with zero attached hydrogens (tertiary/aromatic N) is 1. The van der Waals surface area contributed by atoms with E-state index in [-0.39, 0.29) is 22.8 Å². The SMILES string of the molecule is O=C1C(=O)N(c2ccccc2O)C23C(=O)OC4(CCCCC42)OC(c2ccc(Cl)cc2)=C13. The molecule has 2 bridgehead atoms. The van der Waals surface area contributed by atoms with Gasteiger partial charge in [0.05, 0.1) is 17.2 Å². The lowest BCUT2D eigenvalue weighted by atomic mass is 9.67. The van der Waals surface area contributed by atoms with E-state index in [4.69, 9.17) is 21.1 Å². The Morgan fingerprint density at radius 1 is 1.00 bits per heavy atom. The Balaban J connectivity index is 1.70.